The minimum Gasteiger partial charge on any atom is -0.166 e. The summed E-state index contributed by atoms with van der Waals surface area (Å²) in [6.45, 7) is 8.58. The van der Waals surface area contributed by atoms with Crippen LogP contribution in [0.2, 0.25) is 0 Å². The van der Waals surface area contributed by atoms with Gasteiger partial charge in [0.1, 0.15) is 0 Å². The van der Waals surface area contributed by atoms with Gasteiger partial charge in [0.05, 0.1) is 5.56 Å². The molecule has 0 aliphatic rings. The van der Waals surface area contributed by atoms with E-state index in [4.69, 9.17) is 0 Å². The lowest BCUT2D eigenvalue weighted by molar-refractivity contribution is -0.137. The predicted octanol–water partition coefficient (Wildman–Crippen LogP) is 6.62. The van der Waals surface area contributed by atoms with Gasteiger partial charge in [-0.1, -0.05) is 58.0 Å². The number of rotatable bonds is 3. The molecule has 0 nitrogen and oxygen atoms in total. The van der Waals surface area contributed by atoms with Crippen molar-refractivity contribution in [3.8, 4) is 11.1 Å². The van der Waals surface area contributed by atoms with Crippen LogP contribution in [0.3, 0.4) is 0 Å². The zero-order valence-electron chi connectivity index (χ0n) is 13.3. The van der Waals surface area contributed by atoms with E-state index in [2.05, 4.69) is 39.8 Å². The van der Waals surface area contributed by atoms with Crippen LogP contribution in [0.4, 0.5) is 13.2 Å². The zero-order valence-corrected chi connectivity index (χ0v) is 13.3. The van der Waals surface area contributed by atoms with Gasteiger partial charge < -0.3 is 0 Å². The van der Waals surface area contributed by atoms with Gasteiger partial charge in [0.25, 0.3) is 0 Å². The SMILES string of the molecule is CC(C)c1ccc(-c2ccc(C(F)(F)F)cc2)cc1C(C)C. The maximum absolute atomic E-state index is 12.6. The minimum absolute atomic E-state index is 0.381. The first-order chi connectivity index (χ1) is 10.2. The van der Waals surface area contributed by atoms with Crippen LogP contribution in [0, 0.1) is 0 Å². The summed E-state index contributed by atoms with van der Waals surface area (Å²) in [6, 6.07) is 11.5. The number of halogens is 3. The molecule has 22 heavy (non-hydrogen) atoms. The summed E-state index contributed by atoms with van der Waals surface area (Å²) in [5.74, 6) is 0.811. The van der Waals surface area contributed by atoms with Crippen molar-refractivity contribution in [3.05, 3.63) is 59.2 Å². The molecule has 2 aromatic carbocycles. The van der Waals surface area contributed by atoms with Gasteiger partial charge in [0, 0.05) is 0 Å². The van der Waals surface area contributed by atoms with E-state index >= 15 is 0 Å². The number of benzene rings is 2. The van der Waals surface area contributed by atoms with E-state index in [1.54, 1.807) is 0 Å². The van der Waals surface area contributed by atoms with E-state index in [1.807, 2.05) is 6.07 Å². The zero-order chi connectivity index (χ0) is 16.5. The minimum atomic E-state index is -4.29. The fraction of sp³-hybridized carbons (Fsp3) is 0.368. The summed E-state index contributed by atoms with van der Waals surface area (Å²) in [6.07, 6.45) is -4.29. The van der Waals surface area contributed by atoms with Crippen LogP contribution < -0.4 is 0 Å². The summed E-state index contributed by atoms with van der Waals surface area (Å²) in [5, 5.41) is 0. The Morgan fingerprint density at radius 1 is 0.682 bits per heavy atom. The Balaban J connectivity index is 2.43. The highest BCUT2D eigenvalue weighted by atomic mass is 19.4. The predicted molar refractivity (Wildman–Crippen MR) is 85.1 cm³/mol. The monoisotopic (exact) mass is 306 g/mol. The molecule has 0 saturated carbocycles. The Kier molecular flexibility index (Phi) is 4.64. The van der Waals surface area contributed by atoms with Crippen LogP contribution in [0.1, 0.15) is 56.2 Å². The van der Waals surface area contributed by atoms with Crippen molar-refractivity contribution in [2.24, 2.45) is 0 Å². The molecule has 0 N–H and O–H groups in total. The molecule has 0 aromatic heterocycles. The lowest BCUT2D eigenvalue weighted by Gasteiger charge is -2.17. The standard InChI is InChI=1S/C19H21F3/c1-12(2)17-10-7-15(11-18(17)13(3)4)14-5-8-16(9-6-14)19(20,21)22/h5-13H,1-4H3. The molecule has 118 valence electrons. The molecule has 3 heteroatoms. The van der Waals surface area contributed by atoms with Gasteiger partial charge in [-0.3, -0.25) is 0 Å². The topological polar surface area (TPSA) is 0 Å². The van der Waals surface area contributed by atoms with Crippen molar-refractivity contribution in [2.45, 2.75) is 45.7 Å². The van der Waals surface area contributed by atoms with Crippen LogP contribution in [-0.4, -0.2) is 0 Å². The fourth-order valence-corrected chi connectivity index (χ4v) is 2.63. The Labute approximate surface area is 130 Å². The molecule has 0 aliphatic carbocycles. The van der Waals surface area contributed by atoms with Crippen LogP contribution >= 0.6 is 0 Å². The summed E-state index contributed by atoms with van der Waals surface area (Å²) in [5.41, 5.74) is 3.71. The van der Waals surface area contributed by atoms with Gasteiger partial charge in [0.15, 0.2) is 0 Å². The molecule has 0 saturated heterocycles. The quantitative estimate of drug-likeness (QED) is 0.598. The van der Waals surface area contributed by atoms with Gasteiger partial charge in [-0.05, 0) is 46.2 Å². The molecular formula is C19H21F3. The largest absolute Gasteiger partial charge is 0.416 e. The van der Waals surface area contributed by atoms with E-state index in [-0.39, 0.29) is 0 Å². The van der Waals surface area contributed by atoms with Crippen molar-refractivity contribution in [1.29, 1.82) is 0 Å². The summed E-state index contributed by atoms with van der Waals surface area (Å²) < 4.78 is 37.9. The highest BCUT2D eigenvalue weighted by molar-refractivity contribution is 5.65. The number of hydrogen-bond donors (Lipinski definition) is 0. The second kappa shape index (κ2) is 6.15. The van der Waals surface area contributed by atoms with Crippen LogP contribution in [0.5, 0.6) is 0 Å². The van der Waals surface area contributed by atoms with Crippen molar-refractivity contribution in [3.63, 3.8) is 0 Å². The van der Waals surface area contributed by atoms with Crippen LogP contribution in [0.15, 0.2) is 42.5 Å². The fourth-order valence-electron chi connectivity index (χ4n) is 2.63. The third-order valence-corrected chi connectivity index (χ3v) is 3.88. The Hall–Kier alpha value is -1.77. The van der Waals surface area contributed by atoms with Crippen molar-refractivity contribution in [2.75, 3.05) is 0 Å². The summed E-state index contributed by atoms with van der Waals surface area (Å²) in [4.78, 5) is 0. The van der Waals surface area contributed by atoms with Crippen LogP contribution in [-0.2, 0) is 6.18 Å². The third-order valence-electron chi connectivity index (χ3n) is 3.88. The molecule has 0 aliphatic heterocycles. The van der Waals surface area contributed by atoms with E-state index in [0.29, 0.717) is 11.8 Å². The van der Waals surface area contributed by atoms with E-state index in [0.717, 1.165) is 23.3 Å². The molecule has 2 aromatic rings. The molecular weight excluding hydrogens is 285 g/mol. The average molecular weight is 306 g/mol. The molecule has 0 radical (unpaired) electrons. The molecule has 0 heterocycles. The second-order valence-electron chi connectivity index (χ2n) is 6.23. The maximum Gasteiger partial charge on any atom is 0.416 e. The molecule has 0 bridgehead atoms. The molecule has 0 fully saturated rings. The van der Waals surface area contributed by atoms with Crippen molar-refractivity contribution in [1.82, 2.24) is 0 Å². The van der Waals surface area contributed by atoms with Gasteiger partial charge in [-0.15, -0.1) is 0 Å². The maximum atomic E-state index is 12.6. The molecule has 2 rings (SSSR count). The first-order valence-corrected chi connectivity index (χ1v) is 7.51. The summed E-state index contributed by atoms with van der Waals surface area (Å²) in [7, 11) is 0. The molecule has 0 spiro atoms. The second-order valence-corrected chi connectivity index (χ2v) is 6.23. The van der Waals surface area contributed by atoms with Gasteiger partial charge >= 0.3 is 6.18 Å². The smallest absolute Gasteiger partial charge is 0.166 e. The van der Waals surface area contributed by atoms with Gasteiger partial charge in [0.2, 0.25) is 0 Å². The van der Waals surface area contributed by atoms with E-state index in [1.165, 1.54) is 23.3 Å². The lowest BCUT2D eigenvalue weighted by atomic mass is 9.88. The molecule has 0 atom stereocenters. The Morgan fingerprint density at radius 2 is 1.18 bits per heavy atom. The molecule has 0 amide bonds. The third kappa shape index (κ3) is 3.52. The lowest BCUT2D eigenvalue weighted by Crippen LogP contribution is -2.04. The van der Waals surface area contributed by atoms with Crippen LogP contribution in [0.25, 0.3) is 11.1 Å². The average Bonchev–Trinajstić information content (AvgIpc) is 2.45. The number of alkyl halides is 3. The Bertz CT molecular complexity index is 635. The first-order valence-electron chi connectivity index (χ1n) is 7.51. The van der Waals surface area contributed by atoms with E-state index < -0.39 is 11.7 Å². The highest BCUT2D eigenvalue weighted by Gasteiger charge is 2.29. The number of hydrogen-bond acceptors (Lipinski definition) is 0. The van der Waals surface area contributed by atoms with Gasteiger partial charge in [-0.2, -0.15) is 13.2 Å². The normalized spacial score (nSPS) is 12.2. The van der Waals surface area contributed by atoms with Crippen molar-refractivity contribution >= 4 is 0 Å². The molecule has 0 unspecified atom stereocenters. The summed E-state index contributed by atoms with van der Waals surface area (Å²) >= 11 is 0. The highest BCUT2D eigenvalue weighted by Crippen LogP contribution is 2.33. The first kappa shape index (κ1) is 16.6. The van der Waals surface area contributed by atoms with Gasteiger partial charge in [-0.25, -0.2) is 0 Å². The van der Waals surface area contributed by atoms with Crippen molar-refractivity contribution < 1.29 is 13.2 Å². The Morgan fingerprint density at radius 3 is 1.64 bits per heavy atom. The van der Waals surface area contributed by atoms with E-state index in [9.17, 15) is 13.2 Å².